The monoisotopic (exact) mass is 233 g/mol. The molecule has 0 bridgehead atoms. The van der Waals surface area contributed by atoms with Gasteiger partial charge in [-0.3, -0.25) is 0 Å². The van der Waals surface area contributed by atoms with E-state index in [0.29, 0.717) is 12.1 Å². The lowest BCUT2D eigenvalue weighted by atomic mass is 9.94. The standard InChI is InChI=1S/C15H23NO/c1-12(16-13-8-4-3-5-9-13)14-10-6-7-11-15(14)17-2/h6-7,10-13,16H,3-5,8-9H2,1-2H3. The van der Waals surface area contributed by atoms with Crippen molar-refractivity contribution in [1.29, 1.82) is 0 Å². The summed E-state index contributed by atoms with van der Waals surface area (Å²) < 4.78 is 5.42. The third-order valence-electron chi connectivity index (χ3n) is 3.70. The van der Waals surface area contributed by atoms with Crippen LogP contribution in [0.3, 0.4) is 0 Å². The van der Waals surface area contributed by atoms with Crippen LogP contribution in [0.5, 0.6) is 5.75 Å². The zero-order valence-electron chi connectivity index (χ0n) is 10.9. The van der Waals surface area contributed by atoms with E-state index < -0.39 is 0 Å². The molecule has 1 unspecified atom stereocenters. The number of benzene rings is 1. The molecule has 94 valence electrons. The Labute approximate surface area is 104 Å². The summed E-state index contributed by atoms with van der Waals surface area (Å²) in [7, 11) is 1.74. The van der Waals surface area contributed by atoms with Crippen LogP contribution in [0.15, 0.2) is 24.3 Å². The summed E-state index contributed by atoms with van der Waals surface area (Å²) in [5.41, 5.74) is 1.26. The molecule has 2 nitrogen and oxygen atoms in total. The quantitative estimate of drug-likeness (QED) is 0.856. The van der Waals surface area contributed by atoms with Gasteiger partial charge in [-0.25, -0.2) is 0 Å². The van der Waals surface area contributed by atoms with Gasteiger partial charge in [0.25, 0.3) is 0 Å². The molecule has 1 saturated carbocycles. The second-order valence-electron chi connectivity index (χ2n) is 4.97. The second-order valence-corrected chi connectivity index (χ2v) is 4.97. The van der Waals surface area contributed by atoms with Crippen molar-refractivity contribution in [3.05, 3.63) is 29.8 Å². The van der Waals surface area contributed by atoms with E-state index in [1.807, 2.05) is 12.1 Å². The maximum Gasteiger partial charge on any atom is 0.123 e. The van der Waals surface area contributed by atoms with E-state index in [2.05, 4.69) is 24.4 Å². The van der Waals surface area contributed by atoms with Gasteiger partial charge in [0.05, 0.1) is 7.11 Å². The van der Waals surface area contributed by atoms with Gasteiger partial charge in [0.1, 0.15) is 5.75 Å². The molecule has 0 saturated heterocycles. The molecule has 1 N–H and O–H groups in total. The molecule has 17 heavy (non-hydrogen) atoms. The molecule has 1 aromatic carbocycles. The number of hydrogen-bond donors (Lipinski definition) is 1. The van der Waals surface area contributed by atoms with Crippen molar-refractivity contribution in [2.24, 2.45) is 0 Å². The molecule has 1 aliphatic carbocycles. The topological polar surface area (TPSA) is 21.3 Å². The lowest BCUT2D eigenvalue weighted by Gasteiger charge is -2.27. The predicted octanol–water partition coefficient (Wildman–Crippen LogP) is 3.68. The summed E-state index contributed by atoms with van der Waals surface area (Å²) >= 11 is 0. The van der Waals surface area contributed by atoms with Crippen molar-refractivity contribution in [1.82, 2.24) is 5.32 Å². The zero-order valence-corrected chi connectivity index (χ0v) is 10.9. The van der Waals surface area contributed by atoms with Gasteiger partial charge in [0.15, 0.2) is 0 Å². The van der Waals surface area contributed by atoms with Crippen LogP contribution in [-0.4, -0.2) is 13.2 Å². The van der Waals surface area contributed by atoms with E-state index in [-0.39, 0.29) is 0 Å². The van der Waals surface area contributed by atoms with E-state index in [4.69, 9.17) is 4.74 Å². The summed E-state index contributed by atoms with van der Waals surface area (Å²) in [6.07, 6.45) is 6.78. The van der Waals surface area contributed by atoms with Crippen molar-refractivity contribution in [2.45, 2.75) is 51.1 Å². The van der Waals surface area contributed by atoms with Gasteiger partial charge < -0.3 is 10.1 Å². The molecule has 1 aromatic rings. The van der Waals surface area contributed by atoms with Crippen LogP contribution in [0, 0.1) is 0 Å². The third-order valence-corrected chi connectivity index (χ3v) is 3.70. The van der Waals surface area contributed by atoms with Crippen molar-refractivity contribution in [3.63, 3.8) is 0 Å². The first kappa shape index (κ1) is 12.4. The third kappa shape index (κ3) is 3.22. The van der Waals surface area contributed by atoms with Crippen LogP contribution >= 0.6 is 0 Å². The molecule has 2 heteroatoms. The number of ether oxygens (including phenoxy) is 1. The summed E-state index contributed by atoms with van der Waals surface area (Å²) in [5.74, 6) is 0.989. The summed E-state index contributed by atoms with van der Waals surface area (Å²) in [4.78, 5) is 0. The number of nitrogens with one attached hydrogen (secondary N) is 1. The van der Waals surface area contributed by atoms with Crippen LogP contribution in [0.2, 0.25) is 0 Å². The van der Waals surface area contributed by atoms with Gasteiger partial charge in [-0.2, -0.15) is 0 Å². The molecule has 0 spiro atoms. The van der Waals surface area contributed by atoms with Crippen LogP contribution in [0.25, 0.3) is 0 Å². The second kappa shape index (κ2) is 6.06. The van der Waals surface area contributed by atoms with Gasteiger partial charge in [0.2, 0.25) is 0 Å². The van der Waals surface area contributed by atoms with Gasteiger partial charge >= 0.3 is 0 Å². The molecular formula is C15H23NO. The normalized spacial score (nSPS) is 18.9. The van der Waals surface area contributed by atoms with Crippen molar-refractivity contribution in [3.8, 4) is 5.75 Å². The predicted molar refractivity (Wildman–Crippen MR) is 71.4 cm³/mol. The fraction of sp³-hybridized carbons (Fsp3) is 0.600. The number of hydrogen-bond acceptors (Lipinski definition) is 2. The number of methoxy groups -OCH3 is 1. The Balaban J connectivity index is 2.00. The lowest BCUT2D eigenvalue weighted by Crippen LogP contribution is -2.33. The average Bonchev–Trinajstić information content (AvgIpc) is 2.40. The van der Waals surface area contributed by atoms with Gasteiger partial charge in [-0.05, 0) is 25.8 Å². The molecule has 0 radical (unpaired) electrons. The first-order valence-electron chi connectivity index (χ1n) is 6.70. The highest BCUT2D eigenvalue weighted by atomic mass is 16.5. The van der Waals surface area contributed by atoms with Crippen LogP contribution < -0.4 is 10.1 Å². The number of rotatable bonds is 4. The highest BCUT2D eigenvalue weighted by Gasteiger charge is 2.17. The lowest BCUT2D eigenvalue weighted by molar-refractivity contribution is 0.339. The van der Waals surface area contributed by atoms with Gasteiger partial charge in [0, 0.05) is 17.6 Å². The summed E-state index contributed by atoms with van der Waals surface area (Å²) in [5, 5.41) is 3.73. The SMILES string of the molecule is COc1ccccc1C(C)NC1CCCCC1. The molecule has 1 aliphatic rings. The molecule has 1 atom stereocenters. The summed E-state index contributed by atoms with van der Waals surface area (Å²) in [6, 6.07) is 9.35. The number of para-hydroxylation sites is 1. The van der Waals surface area contributed by atoms with Crippen LogP contribution in [0.1, 0.15) is 50.6 Å². The molecular weight excluding hydrogens is 210 g/mol. The highest BCUT2D eigenvalue weighted by molar-refractivity contribution is 5.35. The largest absolute Gasteiger partial charge is 0.496 e. The van der Waals surface area contributed by atoms with E-state index in [1.54, 1.807) is 7.11 Å². The Morgan fingerprint density at radius 1 is 1.18 bits per heavy atom. The minimum atomic E-state index is 0.370. The van der Waals surface area contributed by atoms with Crippen LogP contribution in [-0.2, 0) is 0 Å². The van der Waals surface area contributed by atoms with E-state index in [9.17, 15) is 0 Å². The Morgan fingerprint density at radius 3 is 2.59 bits per heavy atom. The van der Waals surface area contributed by atoms with Crippen LogP contribution in [0.4, 0.5) is 0 Å². The Hall–Kier alpha value is -1.02. The maximum absolute atomic E-state index is 5.42. The molecule has 0 heterocycles. The first-order valence-corrected chi connectivity index (χ1v) is 6.70. The minimum absolute atomic E-state index is 0.370. The Bertz CT molecular complexity index is 345. The van der Waals surface area contributed by atoms with E-state index >= 15 is 0 Å². The smallest absolute Gasteiger partial charge is 0.123 e. The highest BCUT2D eigenvalue weighted by Crippen LogP contribution is 2.26. The van der Waals surface area contributed by atoms with Gasteiger partial charge in [-0.15, -0.1) is 0 Å². The molecule has 0 aliphatic heterocycles. The molecule has 0 amide bonds. The van der Waals surface area contributed by atoms with Gasteiger partial charge in [-0.1, -0.05) is 37.5 Å². The van der Waals surface area contributed by atoms with Crippen molar-refractivity contribution >= 4 is 0 Å². The van der Waals surface area contributed by atoms with Crippen molar-refractivity contribution < 1.29 is 4.74 Å². The molecule has 2 rings (SSSR count). The van der Waals surface area contributed by atoms with E-state index in [0.717, 1.165) is 5.75 Å². The average molecular weight is 233 g/mol. The minimum Gasteiger partial charge on any atom is -0.496 e. The fourth-order valence-corrected chi connectivity index (χ4v) is 2.74. The molecule has 0 aromatic heterocycles. The zero-order chi connectivity index (χ0) is 12.1. The summed E-state index contributed by atoms with van der Waals surface area (Å²) in [6.45, 7) is 2.23. The van der Waals surface area contributed by atoms with E-state index in [1.165, 1.54) is 37.7 Å². The Morgan fingerprint density at radius 2 is 1.88 bits per heavy atom. The molecule has 1 fully saturated rings. The Kier molecular flexibility index (Phi) is 4.43. The van der Waals surface area contributed by atoms with Crippen molar-refractivity contribution in [2.75, 3.05) is 7.11 Å². The maximum atomic E-state index is 5.42. The fourth-order valence-electron chi connectivity index (χ4n) is 2.74. The first-order chi connectivity index (χ1) is 8.31.